The first-order valence-electron chi connectivity index (χ1n) is 8.08. The first kappa shape index (κ1) is 15.5. The molecule has 0 spiro atoms. The Balaban J connectivity index is 2.22. The minimum atomic E-state index is 0.375. The van der Waals surface area contributed by atoms with E-state index in [2.05, 4.69) is 44.7 Å². The Morgan fingerprint density at radius 3 is 2.30 bits per heavy atom. The summed E-state index contributed by atoms with van der Waals surface area (Å²) in [4.78, 5) is 2.58. The Hall–Kier alpha value is -0.860. The summed E-state index contributed by atoms with van der Waals surface area (Å²) in [6, 6.07) is 5.04. The third-order valence-electron chi connectivity index (χ3n) is 5.03. The van der Waals surface area contributed by atoms with E-state index >= 15 is 0 Å². The molecule has 0 saturated heterocycles. The highest BCUT2D eigenvalue weighted by Crippen LogP contribution is 2.31. The van der Waals surface area contributed by atoms with Gasteiger partial charge in [0.2, 0.25) is 0 Å². The molecular weight excluding hydrogens is 244 g/mol. The van der Waals surface area contributed by atoms with E-state index in [1.54, 1.807) is 0 Å². The second kappa shape index (κ2) is 6.73. The van der Waals surface area contributed by atoms with Crippen molar-refractivity contribution in [2.75, 3.05) is 19.6 Å². The average molecular weight is 274 g/mol. The molecule has 20 heavy (non-hydrogen) atoms. The van der Waals surface area contributed by atoms with Crippen LogP contribution in [0.3, 0.4) is 0 Å². The Labute approximate surface area is 124 Å². The predicted octanol–water partition coefficient (Wildman–Crippen LogP) is 3.73. The largest absolute Gasteiger partial charge is 0.329 e. The highest BCUT2D eigenvalue weighted by Gasteiger charge is 2.25. The van der Waals surface area contributed by atoms with E-state index in [4.69, 9.17) is 5.73 Å². The lowest BCUT2D eigenvalue weighted by molar-refractivity contribution is 0.141. The fourth-order valence-corrected chi connectivity index (χ4v) is 3.30. The number of benzene rings is 1. The zero-order chi connectivity index (χ0) is 14.7. The molecule has 1 aliphatic rings. The van der Waals surface area contributed by atoms with Crippen molar-refractivity contribution in [3.8, 4) is 0 Å². The molecule has 1 atom stereocenters. The molecule has 0 aromatic heterocycles. The van der Waals surface area contributed by atoms with Crippen LogP contribution in [0, 0.1) is 26.7 Å². The van der Waals surface area contributed by atoms with Crippen molar-refractivity contribution >= 4 is 0 Å². The normalized spacial score (nSPS) is 17.3. The summed E-state index contributed by atoms with van der Waals surface area (Å²) in [5.41, 5.74) is 11.7. The van der Waals surface area contributed by atoms with Gasteiger partial charge in [-0.3, -0.25) is 4.90 Å². The van der Waals surface area contributed by atoms with Gasteiger partial charge in [-0.15, -0.1) is 0 Å². The summed E-state index contributed by atoms with van der Waals surface area (Å²) < 4.78 is 0. The molecule has 1 unspecified atom stereocenters. The molecular formula is C18H30N2. The molecule has 2 nitrogen and oxygen atoms in total. The zero-order valence-electron chi connectivity index (χ0n) is 13.6. The van der Waals surface area contributed by atoms with Crippen LogP contribution in [0.4, 0.5) is 0 Å². The van der Waals surface area contributed by atoms with Crippen LogP contribution >= 0.6 is 0 Å². The van der Waals surface area contributed by atoms with Crippen LogP contribution in [0.1, 0.15) is 54.5 Å². The van der Waals surface area contributed by atoms with Gasteiger partial charge in [0.25, 0.3) is 0 Å². The number of likely N-dealkylation sites (N-methyl/N-ethyl adjacent to an activating group) is 1. The molecule has 1 saturated carbocycles. The van der Waals surface area contributed by atoms with Gasteiger partial charge in [0.05, 0.1) is 0 Å². The molecule has 0 heterocycles. The van der Waals surface area contributed by atoms with Crippen LogP contribution in [-0.4, -0.2) is 24.5 Å². The van der Waals surface area contributed by atoms with Gasteiger partial charge in [-0.25, -0.2) is 0 Å². The summed E-state index contributed by atoms with van der Waals surface area (Å²) in [6.45, 7) is 11.9. The molecule has 1 aromatic rings. The van der Waals surface area contributed by atoms with Gasteiger partial charge in [0.1, 0.15) is 0 Å². The van der Waals surface area contributed by atoms with Gasteiger partial charge in [-0.2, -0.15) is 0 Å². The average Bonchev–Trinajstić information content (AvgIpc) is 2.37. The molecule has 2 heteroatoms. The van der Waals surface area contributed by atoms with E-state index in [-0.39, 0.29) is 0 Å². The van der Waals surface area contributed by atoms with Crippen molar-refractivity contribution in [1.29, 1.82) is 0 Å². The van der Waals surface area contributed by atoms with Crippen molar-refractivity contribution in [2.45, 2.75) is 53.0 Å². The van der Waals surface area contributed by atoms with E-state index in [1.807, 2.05) is 0 Å². The van der Waals surface area contributed by atoms with Gasteiger partial charge in [0, 0.05) is 19.1 Å². The second-order valence-electron chi connectivity index (χ2n) is 6.43. The van der Waals surface area contributed by atoms with Crippen molar-refractivity contribution in [3.63, 3.8) is 0 Å². The smallest absolute Gasteiger partial charge is 0.0473 e. The monoisotopic (exact) mass is 274 g/mol. The third kappa shape index (κ3) is 3.24. The van der Waals surface area contributed by atoms with E-state index < -0.39 is 0 Å². The maximum absolute atomic E-state index is 6.13. The first-order valence-corrected chi connectivity index (χ1v) is 8.08. The Bertz CT molecular complexity index is 449. The number of hydrogen-bond donors (Lipinski definition) is 1. The molecule has 0 bridgehead atoms. The molecule has 2 N–H and O–H groups in total. The minimum Gasteiger partial charge on any atom is -0.329 e. The van der Waals surface area contributed by atoms with Gasteiger partial charge in [0.15, 0.2) is 0 Å². The molecule has 0 radical (unpaired) electrons. The van der Waals surface area contributed by atoms with Crippen LogP contribution < -0.4 is 5.73 Å². The first-order chi connectivity index (χ1) is 9.56. The Kier molecular flexibility index (Phi) is 5.22. The van der Waals surface area contributed by atoms with Crippen molar-refractivity contribution in [1.82, 2.24) is 4.90 Å². The molecule has 112 valence electrons. The van der Waals surface area contributed by atoms with Crippen LogP contribution in [0.15, 0.2) is 12.1 Å². The van der Waals surface area contributed by atoms with Gasteiger partial charge in [-0.05, 0) is 68.3 Å². The minimum absolute atomic E-state index is 0.375. The quantitative estimate of drug-likeness (QED) is 0.856. The van der Waals surface area contributed by atoms with Gasteiger partial charge >= 0.3 is 0 Å². The van der Waals surface area contributed by atoms with E-state index in [9.17, 15) is 0 Å². The zero-order valence-corrected chi connectivity index (χ0v) is 13.6. The van der Waals surface area contributed by atoms with Crippen LogP contribution in [-0.2, 0) is 0 Å². The lowest BCUT2D eigenvalue weighted by Gasteiger charge is -2.37. The second-order valence-corrected chi connectivity index (χ2v) is 6.43. The number of hydrogen-bond acceptors (Lipinski definition) is 2. The topological polar surface area (TPSA) is 29.3 Å². The molecule has 1 aromatic carbocycles. The summed E-state index contributed by atoms with van der Waals surface area (Å²) in [5.74, 6) is 0.899. The van der Waals surface area contributed by atoms with E-state index in [0.717, 1.165) is 12.5 Å². The van der Waals surface area contributed by atoms with Gasteiger partial charge < -0.3 is 5.73 Å². The molecule has 1 fully saturated rings. The molecule has 0 aliphatic heterocycles. The summed E-state index contributed by atoms with van der Waals surface area (Å²) in [6.07, 6.45) is 4.22. The van der Waals surface area contributed by atoms with Crippen LogP contribution in [0.2, 0.25) is 0 Å². The SMILES string of the molecule is CCN(CC1CCC1)C(CN)c1cc(C)c(C)cc1C. The fourth-order valence-electron chi connectivity index (χ4n) is 3.30. The van der Waals surface area contributed by atoms with Crippen LogP contribution in [0.5, 0.6) is 0 Å². The predicted molar refractivity (Wildman–Crippen MR) is 87.0 cm³/mol. The summed E-state index contributed by atoms with van der Waals surface area (Å²) in [5, 5.41) is 0. The maximum atomic E-state index is 6.13. The number of nitrogens with two attached hydrogens (primary N) is 1. The Morgan fingerprint density at radius 2 is 1.80 bits per heavy atom. The van der Waals surface area contributed by atoms with Crippen molar-refractivity contribution in [2.24, 2.45) is 11.7 Å². The number of nitrogens with zero attached hydrogens (tertiary/aromatic N) is 1. The third-order valence-corrected chi connectivity index (χ3v) is 5.03. The highest BCUT2D eigenvalue weighted by atomic mass is 15.2. The molecule has 0 amide bonds. The van der Waals surface area contributed by atoms with Crippen molar-refractivity contribution in [3.05, 3.63) is 34.4 Å². The Morgan fingerprint density at radius 1 is 1.15 bits per heavy atom. The number of rotatable bonds is 6. The fraction of sp³-hybridized carbons (Fsp3) is 0.667. The van der Waals surface area contributed by atoms with E-state index in [0.29, 0.717) is 12.6 Å². The van der Waals surface area contributed by atoms with Crippen molar-refractivity contribution < 1.29 is 0 Å². The summed E-state index contributed by atoms with van der Waals surface area (Å²) >= 11 is 0. The van der Waals surface area contributed by atoms with E-state index in [1.165, 1.54) is 48.1 Å². The van der Waals surface area contributed by atoms with Crippen LogP contribution in [0.25, 0.3) is 0 Å². The lowest BCUT2D eigenvalue weighted by Crippen LogP contribution is -2.39. The lowest BCUT2D eigenvalue weighted by atomic mass is 9.84. The standard InChI is InChI=1S/C18H30N2/c1-5-20(12-16-7-6-8-16)18(11-19)17-10-14(3)13(2)9-15(17)4/h9-10,16,18H,5-8,11-12,19H2,1-4H3. The highest BCUT2D eigenvalue weighted by molar-refractivity contribution is 5.38. The molecule has 1 aliphatic carbocycles. The van der Waals surface area contributed by atoms with Gasteiger partial charge in [-0.1, -0.05) is 25.5 Å². The summed E-state index contributed by atoms with van der Waals surface area (Å²) in [7, 11) is 0. The number of aryl methyl sites for hydroxylation is 3. The molecule has 2 rings (SSSR count). The maximum Gasteiger partial charge on any atom is 0.0473 e.